The lowest BCUT2D eigenvalue weighted by molar-refractivity contribution is 0.0601. The van der Waals surface area contributed by atoms with Crippen LogP contribution >= 0.6 is 0 Å². The van der Waals surface area contributed by atoms with Gasteiger partial charge < -0.3 is 19.9 Å². The number of methoxy groups -OCH3 is 1. The summed E-state index contributed by atoms with van der Waals surface area (Å²) in [5.74, 6) is 1.08. The molecule has 0 atom stereocenters. The maximum absolute atomic E-state index is 11.5. The number of aromatic nitrogens is 2. The molecule has 7 heteroatoms. The highest BCUT2D eigenvalue weighted by molar-refractivity contribution is 5.89. The molecule has 1 N–H and O–H groups in total. The van der Waals surface area contributed by atoms with Gasteiger partial charge in [0.2, 0.25) is 5.95 Å². The first-order valence-electron chi connectivity index (χ1n) is 9.56. The molecule has 0 unspecified atom stereocenters. The molecule has 0 amide bonds. The summed E-state index contributed by atoms with van der Waals surface area (Å²) >= 11 is 0. The number of esters is 1. The van der Waals surface area contributed by atoms with E-state index < -0.39 is 0 Å². The molecule has 0 aliphatic carbocycles. The summed E-state index contributed by atoms with van der Waals surface area (Å²) in [6, 6.07) is 19.4. The van der Waals surface area contributed by atoms with Crippen LogP contribution in [0.4, 0.5) is 23.1 Å². The van der Waals surface area contributed by atoms with Crippen molar-refractivity contribution in [1.29, 1.82) is 0 Å². The molecule has 29 heavy (non-hydrogen) atoms. The monoisotopic (exact) mass is 389 g/mol. The molecule has 0 radical (unpaired) electrons. The van der Waals surface area contributed by atoms with Crippen molar-refractivity contribution in [2.75, 3.05) is 48.4 Å². The van der Waals surface area contributed by atoms with Gasteiger partial charge in [-0.2, -0.15) is 4.98 Å². The molecule has 0 spiro atoms. The number of hydrogen-bond acceptors (Lipinski definition) is 7. The third kappa shape index (κ3) is 4.45. The van der Waals surface area contributed by atoms with Gasteiger partial charge >= 0.3 is 5.97 Å². The Morgan fingerprint density at radius 1 is 0.931 bits per heavy atom. The highest BCUT2D eigenvalue weighted by atomic mass is 16.5. The third-order valence-electron chi connectivity index (χ3n) is 4.91. The smallest absolute Gasteiger partial charge is 0.337 e. The van der Waals surface area contributed by atoms with Crippen molar-refractivity contribution < 1.29 is 9.53 Å². The second-order valence-corrected chi connectivity index (χ2v) is 6.75. The average Bonchev–Trinajstić information content (AvgIpc) is 2.80. The van der Waals surface area contributed by atoms with Crippen LogP contribution in [0.3, 0.4) is 0 Å². The van der Waals surface area contributed by atoms with Gasteiger partial charge in [0.25, 0.3) is 0 Å². The van der Waals surface area contributed by atoms with Crippen LogP contribution in [0.25, 0.3) is 0 Å². The summed E-state index contributed by atoms with van der Waals surface area (Å²) in [5.41, 5.74) is 2.60. The fraction of sp³-hybridized carbons (Fsp3) is 0.227. The number of nitrogens with one attached hydrogen (secondary N) is 1. The van der Waals surface area contributed by atoms with E-state index in [2.05, 4.69) is 49.4 Å². The topological polar surface area (TPSA) is 70.6 Å². The molecule has 2 aromatic carbocycles. The van der Waals surface area contributed by atoms with Crippen molar-refractivity contribution in [3.8, 4) is 0 Å². The van der Waals surface area contributed by atoms with E-state index >= 15 is 0 Å². The fourth-order valence-corrected chi connectivity index (χ4v) is 3.33. The molecular weight excluding hydrogens is 366 g/mol. The highest BCUT2D eigenvalue weighted by Crippen LogP contribution is 2.20. The lowest BCUT2D eigenvalue weighted by Crippen LogP contribution is -2.47. The molecule has 0 saturated carbocycles. The zero-order chi connectivity index (χ0) is 20.1. The van der Waals surface area contributed by atoms with Crippen molar-refractivity contribution >= 4 is 29.1 Å². The number of piperazine rings is 1. The first-order chi connectivity index (χ1) is 14.2. The molecule has 7 nitrogen and oxygen atoms in total. The van der Waals surface area contributed by atoms with Crippen LogP contribution in [0, 0.1) is 0 Å². The number of para-hydroxylation sites is 1. The van der Waals surface area contributed by atoms with Gasteiger partial charge in [0, 0.05) is 43.8 Å². The number of carbonyl (C=O) groups excluding carboxylic acids is 1. The van der Waals surface area contributed by atoms with Gasteiger partial charge in [0.1, 0.15) is 5.82 Å². The van der Waals surface area contributed by atoms with Crippen LogP contribution < -0.4 is 15.1 Å². The standard InChI is InChI=1S/C22H23N5O2/c1-29-21(28)17-7-9-18(10-8-17)24-20-11-12-23-22(25-20)27-15-13-26(14-16-27)19-5-3-2-4-6-19/h2-12H,13-16H2,1H3,(H,23,24,25). The number of rotatable bonds is 5. The molecule has 1 fully saturated rings. The molecule has 148 valence electrons. The summed E-state index contributed by atoms with van der Waals surface area (Å²) in [7, 11) is 1.37. The number of carbonyl (C=O) groups is 1. The van der Waals surface area contributed by atoms with Crippen molar-refractivity contribution in [3.63, 3.8) is 0 Å². The van der Waals surface area contributed by atoms with E-state index in [-0.39, 0.29) is 5.97 Å². The minimum Gasteiger partial charge on any atom is -0.465 e. The van der Waals surface area contributed by atoms with E-state index in [0.29, 0.717) is 17.3 Å². The molecule has 1 aliphatic rings. The van der Waals surface area contributed by atoms with Gasteiger partial charge in [-0.25, -0.2) is 9.78 Å². The minimum atomic E-state index is -0.351. The first-order valence-corrected chi connectivity index (χ1v) is 9.56. The lowest BCUT2D eigenvalue weighted by atomic mass is 10.2. The van der Waals surface area contributed by atoms with E-state index in [1.807, 2.05) is 24.3 Å². The van der Waals surface area contributed by atoms with Gasteiger partial charge in [-0.15, -0.1) is 0 Å². The number of nitrogens with zero attached hydrogens (tertiary/aromatic N) is 4. The Morgan fingerprint density at radius 3 is 2.31 bits per heavy atom. The van der Waals surface area contributed by atoms with Crippen LogP contribution in [0.2, 0.25) is 0 Å². The molecule has 4 rings (SSSR count). The Labute approximate surface area is 170 Å². The predicted octanol–water partition coefficient (Wildman–Crippen LogP) is 3.33. The summed E-state index contributed by atoms with van der Waals surface area (Å²) in [5, 5.41) is 3.26. The van der Waals surface area contributed by atoms with E-state index in [0.717, 1.165) is 31.9 Å². The maximum atomic E-state index is 11.5. The zero-order valence-corrected chi connectivity index (χ0v) is 16.3. The second-order valence-electron chi connectivity index (χ2n) is 6.75. The van der Waals surface area contributed by atoms with Crippen LogP contribution in [0.5, 0.6) is 0 Å². The lowest BCUT2D eigenvalue weighted by Gasteiger charge is -2.36. The Bertz CT molecular complexity index is 954. The van der Waals surface area contributed by atoms with Crippen molar-refractivity contribution in [3.05, 3.63) is 72.4 Å². The molecule has 0 bridgehead atoms. The van der Waals surface area contributed by atoms with Crippen molar-refractivity contribution in [1.82, 2.24) is 9.97 Å². The van der Waals surface area contributed by atoms with Gasteiger partial charge in [0.05, 0.1) is 12.7 Å². The zero-order valence-electron chi connectivity index (χ0n) is 16.3. The third-order valence-corrected chi connectivity index (χ3v) is 4.91. The molecule has 1 aromatic heterocycles. The SMILES string of the molecule is COC(=O)c1ccc(Nc2ccnc(N3CCN(c4ccccc4)CC3)n2)cc1. The number of benzene rings is 2. The van der Waals surface area contributed by atoms with Gasteiger partial charge in [-0.3, -0.25) is 0 Å². The fourth-order valence-electron chi connectivity index (χ4n) is 3.33. The summed E-state index contributed by atoms with van der Waals surface area (Å²) in [4.78, 5) is 25.2. The minimum absolute atomic E-state index is 0.351. The largest absolute Gasteiger partial charge is 0.465 e. The van der Waals surface area contributed by atoms with E-state index in [4.69, 9.17) is 4.74 Å². The highest BCUT2D eigenvalue weighted by Gasteiger charge is 2.19. The first kappa shape index (κ1) is 18.7. The number of anilines is 4. The number of ether oxygens (including phenoxy) is 1. The molecule has 1 saturated heterocycles. The van der Waals surface area contributed by atoms with Crippen molar-refractivity contribution in [2.45, 2.75) is 0 Å². The molecule has 3 aromatic rings. The Morgan fingerprint density at radius 2 is 1.62 bits per heavy atom. The average molecular weight is 389 g/mol. The summed E-state index contributed by atoms with van der Waals surface area (Å²) in [6.45, 7) is 3.60. The van der Waals surface area contributed by atoms with Crippen LogP contribution in [0.1, 0.15) is 10.4 Å². The quantitative estimate of drug-likeness (QED) is 0.671. The van der Waals surface area contributed by atoms with Gasteiger partial charge in [0.15, 0.2) is 0 Å². The number of hydrogen-bond donors (Lipinski definition) is 1. The van der Waals surface area contributed by atoms with E-state index in [9.17, 15) is 4.79 Å². The van der Waals surface area contributed by atoms with Gasteiger partial charge in [-0.05, 0) is 42.5 Å². The van der Waals surface area contributed by atoms with Crippen LogP contribution in [0.15, 0.2) is 66.9 Å². The summed E-state index contributed by atoms with van der Waals surface area (Å²) in [6.07, 6.45) is 1.76. The Hall–Kier alpha value is -3.61. The molecular formula is C22H23N5O2. The maximum Gasteiger partial charge on any atom is 0.337 e. The normalized spacial score (nSPS) is 13.8. The molecule has 1 aliphatic heterocycles. The predicted molar refractivity (Wildman–Crippen MR) is 114 cm³/mol. The summed E-state index contributed by atoms with van der Waals surface area (Å²) < 4.78 is 4.72. The second kappa shape index (κ2) is 8.60. The van der Waals surface area contributed by atoms with Crippen molar-refractivity contribution in [2.24, 2.45) is 0 Å². The van der Waals surface area contributed by atoms with Crippen LogP contribution in [-0.2, 0) is 4.74 Å². The van der Waals surface area contributed by atoms with E-state index in [1.54, 1.807) is 18.3 Å². The Balaban J connectivity index is 1.39. The van der Waals surface area contributed by atoms with E-state index in [1.165, 1.54) is 12.8 Å². The van der Waals surface area contributed by atoms with Crippen LogP contribution in [-0.4, -0.2) is 49.2 Å². The molecule has 2 heterocycles. The Kier molecular flexibility index (Phi) is 5.56. The van der Waals surface area contributed by atoms with Gasteiger partial charge in [-0.1, -0.05) is 18.2 Å².